The molecule has 0 heterocycles. The summed E-state index contributed by atoms with van der Waals surface area (Å²) in [6, 6.07) is 0. The Labute approximate surface area is 94.5 Å². The number of hydrogen-bond donors (Lipinski definition) is 0. The molecule has 0 amide bonds. The molecule has 0 aliphatic heterocycles. The molecule has 0 aromatic rings. The molecule has 0 bridgehead atoms. The molecule has 2 aliphatic rings. The van der Waals surface area contributed by atoms with Gasteiger partial charge in [-0.05, 0) is 64.2 Å². The Morgan fingerprint density at radius 3 is 1.67 bits per heavy atom. The molecule has 0 saturated carbocycles. The van der Waals surface area contributed by atoms with Crippen molar-refractivity contribution in [2.45, 2.75) is 70.6 Å². The third kappa shape index (κ3) is 3.85. The quantitative estimate of drug-likeness (QED) is 0.414. The fourth-order valence-corrected chi connectivity index (χ4v) is 2.81. The predicted molar refractivity (Wildman–Crippen MR) is 67.0 cm³/mol. The molecule has 0 radical (unpaired) electrons. The van der Waals surface area contributed by atoms with Crippen LogP contribution in [0.25, 0.3) is 0 Å². The lowest BCUT2D eigenvalue weighted by atomic mass is 10.0. The van der Waals surface area contributed by atoms with Gasteiger partial charge in [0.15, 0.2) is 0 Å². The van der Waals surface area contributed by atoms with Gasteiger partial charge < -0.3 is 0 Å². The molecule has 0 atom stereocenters. The van der Waals surface area contributed by atoms with Crippen molar-refractivity contribution >= 4 is 0 Å². The fourth-order valence-electron chi connectivity index (χ4n) is 2.81. The third-order valence-electron chi connectivity index (χ3n) is 3.77. The average Bonchev–Trinajstić information content (AvgIpc) is 2.88. The van der Waals surface area contributed by atoms with Crippen LogP contribution in [0.2, 0.25) is 0 Å². The van der Waals surface area contributed by atoms with Crippen LogP contribution in [0.3, 0.4) is 0 Å². The first-order valence-corrected chi connectivity index (χ1v) is 6.81. The second kappa shape index (κ2) is 6.15. The van der Waals surface area contributed by atoms with Crippen LogP contribution in [0.4, 0.5) is 0 Å². The van der Waals surface area contributed by atoms with E-state index in [1.165, 1.54) is 70.6 Å². The van der Waals surface area contributed by atoms with Crippen molar-refractivity contribution in [3.63, 3.8) is 0 Å². The van der Waals surface area contributed by atoms with Gasteiger partial charge >= 0.3 is 0 Å². The van der Waals surface area contributed by atoms with Crippen molar-refractivity contribution < 1.29 is 0 Å². The van der Waals surface area contributed by atoms with E-state index < -0.39 is 0 Å². The van der Waals surface area contributed by atoms with Gasteiger partial charge in [-0.25, -0.2) is 0 Å². The van der Waals surface area contributed by atoms with E-state index in [0.717, 1.165) is 0 Å². The second-order valence-electron chi connectivity index (χ2n) is 5.07. The molecule has 2 aliphatic carbocycles. The molecule has 0 saturated heterocycles. The first-order valence-electron chi connectivity index (χ1n) is 6.81. The van der Waals surface area contributed by atoms with E-state index in [0.29, 0.717) is 0 Å². The van der Waals surface area contributed by atoms with E-state index in [1.54, 1.807) is 11.1 Å². The molecule has 0 N–H and O–H groups in total. The van der Waals surface area contributed by atoms with Gasteiger partial charge in [-0.1, -0.05) is 29.7 Å². The summed E-state index contributed by atoms with van der Waals surface area (Å²) in [5.74, 6) is 0. The van der Waals surface area contributed by atoms with E-state index in [2.05, 4.69) is 12.2 Å². The van der Waals surface area contributed by atoms with E-state index in [-0.39, 0.29) is 0 Å². The average molecular weight is 204 g/mol. The van der Waals surface area contributed by atoms with Gasteiger partial charge in [-0.2, -0.15) is 0 Å². The maximum absolute atomic E-state index is 2.47. The highest BCUT2D eigenvalue weighted by Crippen LogP contribution is 2.25. The van der Waals surface area contributed by atoms with Gasteiger partial charge in [0.25, 0.3) is 0 Å². The van der Waals surface area contributed by atoms with Crippen LogP contribution in [0.5, 0.6) is 0 Å². The molecule has 84 valence electrons. The number of allylic oxidation sites excluding steroid dienone is 4. The van der Waals surface area contributed by atoms with Crippen molar-refractivity contribution in [3.05, 3.63) is 23.3 Å². The summed E-state index contributed by atoms with van der Waals surface area (Å²) in [5, 5.41) is 0. The smallest absolute Gasteiger partial charge is 0.0317 e. The first kappa shape index (κ1) is 11.0. The Kier molecular flexibility index (Phi) is 4.50. The Morgan fingerprint density at radius 2 is 1.27 bits per heavy atom. The van der Waals surface area contributed by atoms with E-state index in [4.69, 9.17) is 0 Å². The summed E-state index contributed by atoms with van der Waals surface area (Å²) in [6.45, 7) is 0. The van der Waals surface area contributed by atoms with Crippen LogP contribution in [-0.4, -0.2) is 0 Å². The normalized spacial score (nSPS) is 20.5. The lowest BCUT2D eigenvalue weighted by Crippen LogP contribution is -1.83. The fraction of sp³-hybridized carbons (Fsp3) is 0.733. The van der Waals surface area contributed by atoms with E-state index >= 15 is 0 Å². The second-order valence-corrected chi connectivity index (χ2v) is 5.07. The van der Waals surface area contributed by atoms with Crippen molar-refractivity contribution in [1.29, 1.82) is 0 Å². The summed E-state index contributed by atoms with van der Waals surface area (Å²) in [6.07, 6.45) is 20.3. The van der Waals surface area contributed by atoms with Crippen LogP contribution in [0.1, 0.15) is 70.6 Å². The Bertz CT molecular complexity index is 219. The SMILES string of the molecule is C1=C(CCCCCC2=CCCC2)CCC1. The van der Waals surface area contributed by atoms with Crippen molar-refractivity contribution in [2.75, 3.05) is 0 Å². The summed E-state index contributed by atoms with van der Waals surface area (Å²) in [7, 11) is 0. The molecule has 0 heteroatoms. The number of unbranched alkanes of at least 4 members (excludes halogenated alkanes) is 2. The molecule has 0 aromatic heterocycles. The molecule has 0 nitrogen and oxygen atoms in total. The van der Waals surface area contributed by atoms with Gasteiger partial charge in [0, 0.05) is 0 Å². The summed E-state index contributed by atoms with van der Waals surface area (Å²) >= 11 is 0. The minimum atomic E-state index is 1.35. The zero-order chi connectivity index (χ0) is 10.3. The lowest BCUT2D eigenvalue weighted by Gasteiger charge is -2.03. The van der Waals surface area contributed by atoms with E-state index in [1.807, 2.05) is 0 Å². The molecule has 15 heavy (non-hydrogen) atoms. The Balaban J connectivity index is 1.48. The maximum Gasteiger partial charge on any atom is -0.0317 e. The standard InChI is InChI=1S/C15H24/c1(2-8-14-10-4-5-11-14)3-9-15-12-6-7-13-15/h10,12H,1-9,11,13H2. The molecule has 2 rings (SSSR count). The summed E-state index contributed by atoms with van der Waals surface area (Å²) in [5.41, 5.74) is 3.49. The van der Waals surface area contributed by atoms with Gasteiger partial charge in [-0.15, -0.1) is 0 Å². The highest BCUT2D eigenvalue weighted by molar-refractivity contribution is 5.08. The monoisotopic (exact) mass is 204 g/mol. The number of rotatable bonds is 6. The van der Waals surface area contributed by atoms with Gasteiger partial charge in [-0.3, -0.25) is 0 Å². The highest BCUT2D eigenvalue weighted by atomic mass is 14.1. The van der Waals surface area contributed by atoms with Crippen molar-refractivity contribution in [1.82, 2.24) is 0 Å². The Morgan fingerprint density at radius 1 is 0.733 bits per heavy atom. The van der Waals surface area contributed by atoms with Crippen LogP contribution >= 0.6 is 0 Å². The molecular weight excluding hydrogens is 180 g/mol. The molecule has 0 spiro atoms. The van der Waals surface area contributed by atoms with Gasteiger partial charge in [0.05, 0.1) is 0 Å². The topological polar surface area (TPSA) is 0 Å². The molecule has 0 unspecified atom stereocenters. The van der Waals surface area contributed by atoms with Crippen LogP contribution in [0, 0.1) is 0 Å². The van der Waals surface area contributed by atoms with Crippen molar-refractivity contribution in [3.8, 4) is 0 Å². The predicted octanol–water partition coefficient (Wildman–Crippen LogP) is 5.16. The zero-order valence-corrected chi connectivity index (χ0v) is 9.93. The van der Waals surface area contributed by atoms with Crippen LogP contribution in [-0.2, 0) is 0 Å². The third-order valence-corrected chi connectivity index (χ3v) is 3.77. The van der Waals surface area contributed by atoms with E-state index in [9.17, 15) is 0 Å². The van der Waals surface area contributed by atoms with Crippen LogP contribution < -0.4 is 0 Å². The minimum Gasteiger partial charge on any atom is -0.0853 e. The van der Waals surface area contributed by atoms with Gasteiger partial charge in [0.1, 0.15) is 0 Å². The van der Waals surface area contributed by atoms with Gasteiger partial charge in [0.2, 0.25) is 0 Å². The minimum absolute atomic E-state index is 1.35. The zero-order valence-electron chi connectivity index (χ0n) is 9.93. The number of hydrogen-bond acceptors (Lipinski definition) is 0. The first-order chi connectivity index (χ1) is 7.45. The molecule has 0 fully saturated rings. The largest absolute Gasteiger partial charge is 0.0853 e. The maximum atomic E-state index is 2.47. The Hall–Kier alpha value is -0.520. The van der Waals surface area contributed by atoms with Crippen molar-refractivity contribution in [2.24, 2.45) is 0 Å². The highest BCUT2D eigenvalue weighted by Gasteiger charge is 2.05. The summed E-state index contributed by atoms with van der Waals surface area (Å²) < 4.78 is 0. The summed E-state index contributed by atoms with van der Waals surface area (Å²) in [4.78, 5) is 0. The molecule has 0 aromatic carbocycles. The lowest BCUT2D eigenvalue weighted by molar-refractivity contribution is 0.658. The van der Waals surface area contributed by atoms with Crippen LogP contribution in [0.15, 0.2) is 23.3 Å². The molecular formula is C15H24.